The van der Waals surface area contributed by atoms with E-state index in [-0.39, 0.29) is 44.5 Å². The van der Waals surface area contributed by atoms with Crippen LogP contribution in [0.15, 0.2) is 35.3 Å². The Labute approximate surface area is 218 Å². The molecule has 1 aromatic carbocycles. The first-order valence-corrected chi connectivity index (χ1v) is 12.2. The van der Waals surface area contributed by atoms with Gasteiger partial charge >= 0.3 is 7.12 Å². The Bertz CT molecular complexity index is 982. The van der Waals surface area contributed by atoms with Crippen molar-refractivity contribution in [1.82, 2.24) is 10.7 Å². The molecule has 2 rings (SSSR count). The number of carbonyl (C=O) groups excluding carboxylic acids is 2. The lowest BCUT2D eigenvalue weighted by atomic mass is 9.74. The molecule has 1 amide bonds. The lowest BCUT2D eigenvalue weighted by Gasteiger charge is -2.23. The van der Waals surface area contributed by atoms with Gasteiger partial charge in [-0.25, -0.2) is 15.1 Å². The zero-order valence-corrected chi connectivity index (χ0v) is 20.9. The normalized spacial score (nSPS) is 14.2. The van der Waals surface area contributed by atoms with Gasteiger partial charge in [-0.15, -0.1) is 0 Å². The third kappa shape index (κ3) is 11.1. The highest BCUT2D eigenvalue weighted by Gasteiger charge is 2.30. The highest BCUT2D eigenvalue weighted by atomic mass is 16.7. The number of nitrogens with one attached hydrogen (secondary N) is 2. The highest BCUT2D eigenvalue weighted by molar-refractivity contribution is 6.43. The number of rotatable bonds is 15. The molecule has 0 spiro atoms. The minimum absolute atomic E-state index is 0. The average Bonchev–Trinajstić information content (AvgIpc) is 3.21. The number of carbonyl (C=O) groups is 2. The van der Waals surface area contributed by atoms with E-state index < -0.39 is 29.9 Å². The summed E-state index contributed by atoms with van der Waals surface area (Å²) < 4.78 is 0. The maximum Gasteiger partial charge on any atom is 0.475 e. The SMILES string of the molecule is C.CC(C)C[C@H](NC(=O)[C@H](CCCN=C(N)N[N+](=O)[O-])CC(=O)CCC1=CCc2ccccc21)B(O)O. The van der Waals surface area contributed by atoms with Crippen LogP contribution >= 0.6 is 0 Å². The fourth-order valence-corrected chi connectivity index (χ4v) is 4.30. The van der Waals surface area contributed by atoms with Gasteiger partial charge in [0.25, 0.3) is 5.96 Å². The number of ketones is 1. The maximum atomic E-state index is 13.0. The monoisotopic (exact) mass is 517 g/mol. The number of amides is 1. The standard InChI is InChI=1S/C24H36BN5O6.CH4/c1-16(2)14-22(25(33)34)28-23(32)19(7-5-13-27-24(26)29-30(35)36)15-20(31)12-11-18-10-9-17-6-3-4-8-21(17)18;/h3-4,6,8,10,16,19,22,33-34H,5,7,9,11-15H2,1-2H3,(H,28,32)(H3,26,27,29);1H4/t19-,22+;/m1./s1. The predicted molar refractivity (Wildman–Crippen MR) is 145 cm³/mol. The van der Waals surface area contributed by atoms with Gasteiger partial charge in [-0.3, -0.25) is 9.59 Å². The second kappa shape index (κ2) is 15.8. The number of nitrogens with two attached hydrogens (primary N) is 1. The van der Waals surface area contributed by atoms with Crippen molar-refractivity contribution in [3.05, 3.63) is 51.6 Å². The summed E-state index contributed by atoms with van der Waals surface area (Å²) >= 11 is 0. The van der Waals surface area contributed by atoms with E-state index in [1.54, 1.807) is 5.43 Å². The Morgan fingerprint density at radius 3 is 2.62 bits per heavy atom. The van der Waals surface area contributed by atoms with E-state index in [1.165, 1.54) is 5.56 Å². The van der Waals surface area contributed by atoms with Crippen LogP contribution in [-0.2, 0) is 16.0 Å². The quantitative estimate of drug-likeness (QED) is 0.0585. The summed E-state index contributed by atoms with van der Waals surface area (Å²) in [5.74, 6) is -2.28. The number of nitro groups is 1. The molecule has 0 radical (unpaired) electrons. The molecule has 0 saturated carbocycles. The smallest absolute Gasteiger partial charge is 0.426 e. The van der Waals surface area contributed by atoms with Crippen LogP contribution in [0.1, 0.15) is 70.9 Å². The van der Waals surface area contributed by atoms with Gasteiger partial charge in [-0.2, -0.15) is 0 Å². The Hall–Kier alpha value is -3.25. The Morgan fingerprint density at radius 2 is 1.97 bits per heavy atom. The van der Waals surface area contributed by atoms with Crippen molar-refractivity contribution < 1.29 is 24.7 Å². The second-order valence-corrected chi connectivity index (χ2v) is 9.47. The number of benzene rings is 1. The van der Waals surface area contributed by atoms with Crippen molar-refractivity contribution in [3.63, 3.8) is 0 Å². The van der Waals surface area contributed by atoms with Crippen molar-refractivity contribution in [2.45, 2.75) is 72.2 Å². The molecular formula is C25H40BN5O6. The molecular weight excluding hydrogens is 477 g/mol. The van der Waals surface area contributed by atoms with Crippen molar-refractivity contribution in [1.29, 1.82) is 0 Å². The van der Waals surface area contributed by atoms with Gasteiger partial charge in [0.05, 0.1) is 5.94 Å². The minimum Gasteiger partial charge on any atom is -0.426 e. The second-order valence-electron chi connectivity index (χ2n) is 9.47. The zero-order chi connectivity index (χ0) is 26.7. The first-order valence-electron chi connectivity index (χ1n) is 12.2. The van der Waals surface area contributed by atoms with Crippen molar-refractivity contribution in [2.24, 2.45) is 22.6 Å². The zero-order valence-electron chi connectivity index (χ0n) is 20.9. The molecule has 204 valence electrons. The van der Waals surface area contributed by atoms with Gasteiger partial charge in [-0.05, 0) is 54.7 Å². The lowest BCUT2D eigenvalue weighted by Crippen LogP contribution is -2.49. The molecule has 11 nitrogen and oxygen atoms in total. The topological polar surface area (TPSA) is 180 Å². The molecule has 12 heteroatoms. The van der Waals surface area contributed by atoms with Crippen LogP contribution in [-0.4, -0.2) is 52.3 Å². The molecule has 0 unspecified atom stereocenters. The largest absolute Gasteiger partial charge is 0.475 e. The summed E-state index contributed by atoms with van der Waals surface area (Å²) in [6, 6.07) is 8.08. The lowest BCUT2D eigenvalue weighted by molar-refractivity contribution is -0.525. The number of Topliss-reactive ketones (excluding diaryl/α,β-unsaturated/α-hetero) is 1. The molecule has 0 fully saturated rings. The number of fused-ring (bicyclic) bond motifs is 1. The first kappa shape index (κ1) is 31.8. The molecule has 0 heterocycles. The third-order valence-corrected chi connectivity index (χ3v) is 6.06. The van der Waals surface area contributed by atoms with Crippen LogP contribution < -0.4 is 16.5 Å². The van der Waals surface area contributed by atoms with Gasteiger partial charge in [0.2, 0.25) is 5.91 Å². The van der Waals surface area contributed by atoms with Crippen molar-refractivity contribution in [2.75, 3.05) is 6.54 Å². The molecule has 1 aromatic rings. The van der Waals surface area contributed by atoms with Crippen LogP contribution in [0.3, 0.4) is 0 Å². The average molecular weight is 517 g/mol. The summed E-state index contributed by atoms with van der Waals surface area (Å²) in [6.45, 7) is 3.94. The van der Waals surface area contributed by atoms with Gasteiger partial charge in [-0.1, -0.05) is 57.0 Å². The van der Waals surface area contributed by atoms with Crippen LogP contribution in [0.2, 0.25) is 0 Å². The number of hydrogen-bond donors (Lipinski definition) is 5. The third-order valence-electron chi connectivity index (χ3n) is 6.06. The number of nitrogens with zero attached hydrogens (tertiary/aromatic N) is 2. The van der Waals surface area contributed by atoms with E-state index in [1.807, 2.05) is 32.0 Å². The summed E-state index contributed by atoms with van der Waals surface area (Å²) in [7, 11) is -1.72. The van der Waals surface area contributed by atoms with E-state index in [0.717, 1.165) is 17.6 Å². The number of guanidine groups is 1. The van der Waals surface area contributed by atoms with Crippen LogP contribution in [0.4, 0.5) is 0 Å². The molecule has 0 aliphatic heterocycles. The Morgan fingerprint density at radius 1 is 1.27 bits per heavy atom. The van der Waals surface area contributed by atoms with Crippen LogP contribution in [0, 0.1) is 22.0 Å². The van der Waals surface area contributed by atoms with Gasteiger partial charge in [0, 0.05) is 25.3 Å². The summed E-state index contributed by atoms with van der Waals surface area (Å²) in [5, 5.41) is 31.6. The van der Waals surface area contributed by atoms with E-state index in [0.29, 0.717) is 25.7 Å². The summed E-state index contributed by atoms with van der Waals surface area (Å²) in [6.07, 6.45) is 4.87. The molecule has 6 N–H and O–H groups in total. The van der Waals surface area contributed by atoms with E-state index in [9.17, 15) is 29.8 Å². The van der Waals surface area contributed by atoms with E-state index in [4.69, 9.17) is 5.73 Å². The fourth-order valence-electron chi connectivity index (χ4n) is 4.30. The molecule has 1 aliphatic rings. The molecule has 0 bridgehead atoms. The van der Waals surface area contributed by atoms with Gasteiger partial charge in [0.15, 0.2) is 5.03 Å². The molecule has 0 aromatic heterocycles. The van der Waals surface area contributed by atoms with E-state index >= 15 is 0 Å². The maximum absolute atomic E-state index is 13.0. The van der Waals surface area contributed by atoms with Crippen LogP contribution in [0.5, 0.6) is 0 Å². The first-order chi connectivity index (χ1) is 17.1. The number of hydrogen-bond acceptors (Lipinski definition) is 7. The highest BCUT2D eigenvalue weighted by Crippen LogP contribution is 2.30. The molecule has 37 heavy (non-hydrogen) atoms. The number of aliphatic imine (C=N–C) groups is 1. The number of hydrazine groups is 1. The minimum atomic E-state index is -1.72. The summed E-state index contributed by atoms with van der Waals surface area (Å²) in [4.78, 5) is 40.1. The fraction of sp³-hybridized carbons (Fsp3) is 0.560. The number of allylic oxidation sites excluding steroid dienone is 2. The van der Waals surface area contributed by atoms with Crippen molar-refractivity contribution in [3.8, 4) is 0 Å². The van der Waals surface area contributed by atoms with Gasteiger partial charge in [0.1, 0.15) is 5.78 Å². The molecule has 0 saturated heterocycles. The summed E-state index contributed by atoms with van der Waals surface area (Å²) in [5.41, 5.74) is 10.7. The Balaban J connectivity index is 0.00000684. The predicted octanol–water partition coefficient (Wildman–Crippen LogP) is 2.04. The molecule has 1 aliphatic carbocycles. The van der Waals surface area contributed by atoms with Gasteiger partial charge < -0.3 is 21.1 Å². The van der Waals surface area contributed by atoms with Crippen molar-refractivity contribution >= 4 is 30.3 Å². The molecule has 2 atom stereocenters. The van der Waals surface area contributed by atoms with Crippen LogP contribution in [0.25, 0.3) is 5.57 Å². The van der Waals surface area contributed by atoms with E-state index in [2.05, 4.69) is 22.5 Å². The Kier molecular flexibility index (Phi) is 13.6.